The Labute approximate surface area is 234 Å². The molecule has 39 heavy (non-hydrogen) atoms. The first kappa shape index (κ1) is 30.4. The molecule has 0 aliphatic rings. The van der Waals surface area contributed by atoms with Crippen molar-refractivity contribution in [2.45, 2.75) is 25.7 Å². The van der Waals surface area contributed by atoms with Crippen LogP contribution in [0.1, 0.15) is 22.3 Å². The van der Waals surface area contributed by atoms with Gasteiger partial charge < -0.3 is 35.8 Å². The second-order valence-corrected chi connectivity index (χ2v) is 10.6. The van der Waals surface area contributed by atoms with Crippen LogP contribution in [0.4, 0.5) is 0 Å². The van der Waals surface area contributed by atoms with Crippen molar-refractivity contribution in [3.63, 3.8) is 0 Å². The second-order valence-electron chi connectivity index (χ2n) is 10.6. The zero-order valence-corrected chi connectivity index (χ0v) is 24.5. The van der Waals surface area contributed by atoms with Crippen LogP contribution in [0.5, 0.6) is 17.2 Å². The minimum Gasteiger partial charge on any atom is -0.507 e. The van der Waals surface area contributed by atoms with E-state index in [1.54, 1.807) is 14.2 Å². The lowest BCUT2D eigenvalue weighted by atomic mass is 9.89. The Kier molecular flexibility index (Phi) is 11.2. The fourth-order valence-corrected chi connectivity index (χ4v) is 5.00. The second kappa shape index (κ2) is 14.3. The van der Waals surface area contributed by atoms with Crippen LogP contribution in [0.2, 0.25) is 0 Å². The molecule has 3 aromatic rings. The number of phenolic OH excluding ortho intramolecular Hbond substituents is 1. The summed E-state index contributed by atoms with van der Waals surface area (Å²) in [5.41, 5.74) is 20.4. The summed E-state index contributed by atoms with van der Waals surface area (Å²) in [6.45, 7) is 2.78. The van der Waals surface area contributed by atoms with E-state index >= 15 is 0 Å². The zero-order chi connectivity index (χ0) is 28.5. The van der Waals surface area contributed by atoms with Gasteiger partial charge in [-0.2, -0.15) is 0 Å². The average molecular weight is 535 g/mol. The molecule has 0 atom stereocenters. The fraction of sp³-hybridized carbons (Fsp3) is 0.438. The first-order valence-electron chi connectivity index (χ1n) is 13.6. The molecule has 0 saturated carbocycles. The molecule has 0 aromatic heterocycles. The Bertz CT molecular complexity index is 1240. The van der Waals surface area contributed by atoms with Crippen LogP contribution in [0.25, 0.3) is 22.3 Å². The lowest BCUT2D eigenvalue weighted by Crippen LogP contribution is -2.16. The minimum absolute atomic E-state index is 0.344. The molecule has 0 fully saturated rings. The van der Waals surface area contributed by atoms with Crippen LogP contribution in [0, 0.1) is 0 Å². The van der Waals surface area contributed by atoms with Gasteiger partial charge in [0.1, 0.15) is 17.2 Å². The molecule has 0 radical (unpaired) electrons. The number of methoxy groups -OCH3 is 2. The molecule has 0 aliphatic carbocycles. The van der Waals surface area contributed by atoms with Crippen molar-refractivity contribution < 1.29 is 14.6 Å². The van der Waals surface area contributed by atoms with Gasteiger partial charge in [-0.05, 0) is 136 Å². The SMILES string of the molecule is COc1cc(CCN)c(-c2ccc(-c3cc(CCN)c(O)c(CCN(C)C)c3)c(OC)c2)c(CCN(C)C)c1. The predicted molar refractivity (Wildman–Crippen MR) is 162 cm³/mol. The third-order valence-corrected chi connectivity index (χ3v) is 7.06. The van der Waals surface area contributed by atoms with E-state index in [2.05, 4.69) is 60.3 Å². The van der Waals surface area contributed by atoms with E-state index in [0.29, 0.717) is 25.3 Å². The highest BCUT2D eigenvalue weighted by Gasteiger charge is 2.18. The predicted octanol–water partition coefficient (Wildman–Crippen LogP) is 3.95. The Morgan fingerprint density at radius 2 is 1.21 bits per heavy atom. The summed E-state index contributed by atoms with van der Waals surface area (Å²) in [5, 5.41) is 10.9. The van der Waals surface area contributed by atoms with Gasteiger partial charge in [0.05, 0.1) is 14.2 Å². The number of nitrogens with zero attached hydrogens (tertiary/aromatic N) is 2. The van der Waals surface area contributed by atoms with Gasteiger partial charge >= 0.3 is 0 Å². The summed E-state index contributed by atoms with van der Waals surface area (Å²) in [6, 6.07) is 14.7. The van der Waals surface area contributed by atoms with Gasteiger partial charge in [0.25, 0.3) is 0 Å². The lowest BCUT2D eigenvalue weighted by Gasteiger charge is -2.20. The standard InChI is InChI=1S/C32H46N4O3/c1-35(2)15-11-24-20-28(38-5)19-23(9-13-33)31(24)22-7-8-29(30(21-22)39-6)27-17-25(10-14-34)32(37)26(18-27)12-16-36(3)4/h7-8,17-21,37H,9-16,33-34H2,1-6H3. The summed E-state index contributed by atoms with van der Waals surface area (Å²) in [5.74, 6) is 1.97. The van der Waals surface area contributed by atoms with Crippen molar-refractivity contribution >= 4 is 0 Å². The molecule has 0 aliphatic heterocycles. The highest BCUT2D eigenvalue weighted by molar-refractivity contribution is 5.80. The zero-order valence-electron chi connectivity index (χ0n) is 24.5. The highest BCUT2D eigenvalue weighted by atomic mass is 16.5. The van der Waals surface area contributed by atoms with E-state index in [9.17, 15) is 5.11 Å². The van der Waals surface area contributed by atoms with Gasteiger partial charge in [-0.3, -0.25) is 0 Å². The van der Waals surface area contributed by atoms with Crippen molar-refractivity contribution in [1.29, 1.82) is 0 Å². The van der Waals surface area contributed by atoms with Crippen LogP contribution in [-0.2, 0) is 25.7 Å². The topological polar surface area (TPSA) is 97.2 Å². The Morgan fingerprint density at radius 1 is 0.667 bits per heavy atom. The molecule has 0 heterocycles. The Morgan fingerprint density at radius 3 is 1.74 bits per heavy atom. The van der Waals surface area contributed by atoms with Crippen molar-refractivity contribution in [1.82, 2.24) is 9.80 Å². The van der Waals surface area contributed by atoms with Gasteiger partial charge in [0, 0.05) is 18.7 Å². The first-order valence-corrected chi connectivity index (χ1v) is 13.6. The van der Waals surface area contributed by atoms with E-state index in [0.717, 1.165) is 71.7 Å². The van der Waals surface area contributed by atoms with Gasteiger partial charge in [0.2, 0.25) is 0 Å². The molecule has 7 heteroatoms. The highest BCUT2D eigenvalue weighted by Crippen LogP contribution is 2.40. The number of phenols is 1. The number of likely N-dealkylation sites (N-methyl/N-ethyl adjacent to an activating group) is 2. The molecular formula is C32H46N4O3. The summed E-state index contributed by atoms with van der Waals surface area (Å²) >= 11 is 0. The number of rotatable bonds is 14. The molecule has 0 amide bonds. The van der Waals surface area contributed by atoms with Crippen LogP contribution in [0.3, 0.4) is 0 Å². The van der Waals surface area contributed by atoms with Gasteiger partial charge in [-0.25, -0.2) is 0 Å². The summed E-state index contributed by atoms with van der Waals surface area (Å²) in [6.07, 6.45) is 2.99. The van der Waals surface area contributed by atoms with Crippen molar-refractivity contribution in [2.75, 3.05) is 68.6 Å². The van der Waals surface area contributed by atoms with Crippen molar-refractivity contribution in [2.24, 2.45) is 11.5 Å². The Hall–Kier alpha value is -3.10. The molecule has 0 bridgehead atoms. The quantitative estimate of drug-likeness (QED) is 0.288. The van der Waals surface area contributed by atoms with Crippen LogP contribution in [-0.4, -0.2) is 83.5 Å². The molecule has 3 aromatic carbocycles. The van der Waals surface area contributed by atoms with Crippen LogP contribution >= 0.6 is 0 Å². The summed E-state index contributed by atoms with van der Waals surface area (Å²) in [4.78, 5) is 4.30. The monoisotopic (exact) mass is 534 g/mol. The minimum atomic E-state index is 0.344. The van der Waals surface area contributed by atoms with E-state index in [1.807, 2.05) is 20.2 Å². The maximum atomic E-state index is 10.9. The fourth-order valence-electron chi connectivity index (χ4n) is 5.00. The van der Waals surface area contributed by atoms with Crippen molar-refractivity contribution in [3.05, 3.63) is 64.7 Å². The molecule has 0 saturated heterocycles. The molecule has 212 valence electrons. The number of benzene rings is 3. The number of hydrogen-bond acceptors (Lipinski definition) is 7. The molecule has 3 rings (SSSR count). The first-order chi connectivity index (χ1) is 18.7. The third kappa shape index (κ3) is 7.73. The number of ether oxygens (including phenoxy) is 2. The summed E-state index contributed by atoms with van der Waals surface area (Å²) in [7, 11) is 11.7. The van der Waals surface area contributed by atoms with Gasteiger partial charge in [-0.15, -0.1) is 0 Å². The van der Waals surface area contributed by atoms with E-state index in [-0.39, 0.29) is 0 Å². The number of aromatic hydroxyl groups is 1. The lowest BCUT2D eigenvalue weighted by molar-refractivity contribution is 0.405. The van der Waals surface area contributed by atoms with Crippen molar-refractivity contribution in [3.8, 4) is 39.5 Å². The van der Waals surface area contributed by atoms with Gasteiger partial charge in [0.15, 0.2) is 0 Å². The molecule has 7 nitrogen and oxygen atoms in total. The third-order valence-electron chi connectivity index (χ3n) is 7.06. The molecular weight excluding hydrogens is 488 g/mol. The van der Waals surface area contributed by atoms with Gasteiger partial charge in [-0.1, -0.05) is 12.1 Å². The average Bonchev–Trinajstić information content (AvgIpc) is 2.91. The van der Waals surface area contributed by atoms with Crippen LogP contribution in [0.15, 0.2) is 42.5 Å². The largest absolute Gasteiger partial charge is 0.507 e. The van der Waals surface area contributed by atoms with Crippen LogP contribution < -0.4 is 20.9 Å². The number of nitrogens with two attached hydrogens (primary N) is 2. The maximum Gasteiger partial charge on any atom is 0.127 e. The molecule has 5 N–H and O–H groups in total. The summed E-state index contributed by atoms with van der Waals surface area (Å²) < 4.78 is 11.6. The normalized spacial score (nSPS) is 11.4. The van der Waals surface area contributed by atoms with E-state index < -0.39 is 0 Å². The smallest absolute Gasteiger partial charge is 0.127 e. The van der Waals surface area contributed by atoms with E-state index in [4.69, 9.17) is 20.9 Å². The molecule has 0 unspecified atom stereocenters. The van der Waals surface area contributed by atoms with E-state index in [1.165, 1.54) is 16.7 Å². The number of hydrogen-bond donors (Lipinski definition) is 3. The Balaban J connectivity index is 2.16. The molecule has 0 spiro atoms. The maximum absolute atomic E-state index is 10.9.